The Morgan fingerprint density at radius 3 is 3.20 bits per heavy atom. The van der Waals surface area contributed by atoms with Crippen LogP contribution in [0.15, 0.2) is 18.2 Å². The fourth-order valence-electron chi connectivity index (χ4n) is 2.70. The normalized spacial score (nSPS) is 25.8. The Kier molecular flexibility index (Phi) is 2.22. The molecular formula is C12H15FN2. The predicted octanol–water partition coefficient (Wildman–Crippen LogP) is 1.33. The molecule has 80 valence electrons. The summed E-state index contributed by atoms with van der Waals surface area (Å²) in [6, 6.07) is 5.69. The van der Waals surface area contributed by atoms with E-state index in [-0.39, 0.29) is 5.82 Å². The molecule has 3 rings (SSSR count). The number of halogens is 1. The summed E-state index contributed by atoms with van der Waals surface area (Å²) >= 11 is 0. The van der Waals surface area contributed by atoms with Gasteiger partial charge in [-0.05, 0) is 29.7 Å². The lowest BCUT2D eigenvalue weighted by atomic mass is 9.91. The van der Waals surface area contributed by atoms with E-state index in [1.54, 1.807) is 12.1 Å². The summed E-state index contributed by atoms with van der Waals surface area (Å²) in [6.07, 6.45) is 0.990. The van der Waals surface area contributed by atoms with Crippen LogP contribution in [0, 0.1) is 5.82 Å². The molecule has 0 spiro atoms. The van der Waals surface area contributed by atoms with Gasteiger partial charge in [0.2, 0.25) is 0 Å². The lowest BCUT2D eigenvalue weighted by Gasteiger charge is -2.40. The lowest BCUT2D eigenvalue weighted by Crippen LogP contribution is -2.48. The van der Waals surface area contributed by atoms with E-state index in [2.05, 4.69) is 10.2 Å². The van der Waals surface area contributed by atoms with Crippen LogP contribution in [0.4, 0.5) is 4.39 Å². The summed E-state index contributed by atoms with van der Waals surface area (Å²) in [6.45, 7) is 4.26. The summed E-state index contributed by atoms with van der Waals surface area (Å²) in [5.74, 6) is -0.106. The first kappa shape index (κ1) is 9.31. The van der Waals surface area contributed by atoms with E-state index in [0.717, 1.165) is 32.6 Å². The van der Waals surface area contributed by atoms with Crippen molar-refractivity contribution in [3.63, 3.8) is 0 Å². The van der Waals surface area contributed by atoms with Crippen LogP contribution in [0.2, 0.25) is 0 Å². The molecule has 0 aromatic heterocycles. The van der Waals surface area contributed by atoms with E-state index in [9.17, 15) is 4.39 Å². The maximum atomic E-state index is 13.1. The molecule has 0 amide bonds. The smallest absolute Gasteiger partial charge is 0.123 e. The molecule has 1 aromatic carbocycles. The number of piperazine rings is 1. The van der Waals surface area contributed by atoms with Gasteiger partial charge in [-0.15, -0.1) is 0 Å². The standard InChI is InChI=1S/C12H15FN2/c13-10-1-2-11-9(7-10)3-5-15-6-4-14-8-12(11)15/h1-2,7,12,14H,3-6,8H2/t12-/m1/s1. The SMILES string of the molecule is Fc1ccc2c(c1)CCN1CCNC[C@H]21. The molecule has 2 nitrogen and oxygen atoms in total. The summed E-state index contributed by atoms with van der Waals surface area (Å²) in [5.41, 5.74) is 2.51. The lowest BCUT2D eigenvalue weighted by molar-refractivity contribution is 0.151. The van der Waals surface area contributed by atoms with Crippen LogP contribution in [0.1, 0.15) is 17.2 Å². The van der Waals surface area contributed by atoms with Gasteiger partial charge < -0.3 is 5.32 Å². The molecule has 1 fully saturated rings. The van der Waals surface area contributed by atoms with Crippen molar-refractivity contribution < 1.29 is 4.39 Å². The van der Waals surface area contributed by atoms with Crippen LogP contribution >= 0.6 is 0 Å². The molecule has 1 aromatic rings. The van der Waals surface area contributed by atoms with E-state index < -0.39 is 0 Å². The third kappa shape index (κ3) is 1.56. The minimum Gasteiger partial charge on any atom is -0.314 e. The second-order valence-corrected chi connectivity index (χ2v) is 4.35. The van der Waals surface area contributed by atoms with Crippen LogP contribution in [0.3, 0.4) is 0 Å². The zero-order valence-electron chi connectivity index (χ0n) is 8.67. The van der Waals surface area contributed by atoms with Crippen molar-refractivity contribution >= 4 is 0 Å². The van der Waals surface area contributed by atoms with Crippen LogP contribution in [-0.2, 0) is 6.42 Å². The fraction of sp³-hybridized carbons (Fsp3) is 0.500. The van der Waals surface area contributed by atoms with Gasteiger partial charge >= 0.3 is 0 Å². The minimum atomic E-state index is -0.106. The molecular weight excluding hydrogens is 191 g/mol. The van der Waals surface area contributed by atoms with Gasteiger partial charge in [0, 0.05) is 32.2 Å². The molecule has 2 aliphatic heterocycles. The van der Waals surface area contributed by atoms with Gasteiger partial charge in [0.05, 0.1) is 0 Å². The van der Waals surface area contributed by atoms with Gasteiger partial charge in [-0.3, -0.25) is 4.90 Å². The van der Waals surface area contributed by atoms with Gasteiger partial charge in [-0.2, -0.15) is 0 Å². The van der Waals surface area contributed by atoms with E-state index in [1.807, 2.05) is 6.07 Å². The quantitative estimate of drug-likeness (QED) is 0.689. The van der Waals surface area contributed by atoms with E-state index >= 15 is 0 Å². The van der Waals surface area contributed by atoms with Crippen molar-refractivity contribution in [2.24, 2.45) is 0 Å². The topological polar surface area (TPSA) is 15.3 Å². The van der Waals surface area contributed by atoms with Gasteiger partial charge in [-0.25, -0.2) is 4.39 Å². The molecule has 1 atom stereocenters. The molecule has 0 radical (unpaired) electrons. The Labute approximate surface area is 89.1 Å². The van der Waals surface area contributed by atoms with Crippen molar-refractivity contribution in [3.8, 4) is 0 Å². The Morgan fingerprint density at radius 2 is 2.27 bits per heavy atom. The molecule has 15 heavy (non-hydrogen) atoms. The van der Waals surface area contributed by atoms with Crippen molar-refractivity contribution in [3.05, 3.63) is 35.1 Å². The second-order valence-electron chi connectivity index (χ2n) is 4.35. The molecule has 1 N–H and O–H groups in total. The maximum Gasteiger partial charge on any atom is 0.123 e. The predicted molar refractivity (Wildman–Crippen MR) is 57.3 cm³/mol. The molecule has 2 heterocycles. The Bertz CT molecular complexity index is 378. The second kappa shape index (κ2) is 3.58. The van der Waals surface area contributed by atoms with Crippen LogP contribution in [0.5, 0.6) is 0 Å². The number of fused-ring (bicyclic) bond motifs is 3. The summed E-state index contributed by atoms with van der Waals surface area (Å²) in [4.78, 5) is 2.50. The van der Waals surface area contributed by atoms with Crippen LogP contribution < -0.4 is 5.32 Å². The average molecular weight is 206 g/mol. The third-order valence-electron chi connectivity index (χ3n) is 3.49. The van der Waals surface area contributed by atoms with Crippen LogP contribution in [0.25, 0.3) is 0 Å². The molecule has 0 saturated carbocycles. The average Bonchev–Trinajstić information content (AvgIpc) is 2.28. The van der Waals surface area contributed by atoms with Gasteiger partial charge in [0.25, 0.3) is 0 Å². The van der Waals surface area contributed by atoms with E-state index in [4.69, 9.17) is 0 Å². The number of nitrogens with one attached hydrogen (secondary N) is 1. The summed E-state index contributed by atoms with van der Waals surface area (Å²) in [7, 11) is 0. The zero-order valence-corrected chi connectivity index (χ0v) is 8.67. The van der Waals surface area contributed by atoms with Crippen molar-refractivity contribution in [1.82, 2.24) is 10.2 Å². The van der Waals surface area contributed by atoms with Gasteiger partial charge in [0.1, 0.15) is 5.82 Å². The van der Waals surface area contributed by atoms with Crippen molar-refractivity contribution in [2.75, 3.05) is 26.2 Å². The Hall–Kier alpha value is -0.930. The fourth-order valence-corrected chi connectivity index (χ4v) is 2.70. The monoisotopic (exact) mass is 206 g/mol. The minimum absolute atomic E-state index is 0.106. The number of hydrogen-bond donors (Lipinski definition) is 1. The third-order valence-corrected chi connectivity index (χ3v) is 3.49. The largest absolute Gasteiger partial charge is 0.314 e. The number of benzene rings is 1. The molecule has 0 unspecified atom stereocenters. The first-order valence-corrected chi connectivity index (χ1v) is 5.58. The molecule has 0 bridgehead atoms. The Balaban J connectivity index is 1.99. The molecule has 1 saturated heterocycles. The summed E-state index contributed by atoms with van der Waals surface area (Å²) < 4.78 is 13.1. The number of rotatable bonds is 0. The van der Waals surface area contributed by atoms with Gasteiger partial charge in [-0.1, -0.05) is 6.07 Å². The first-order chi connectivity index (χ1) is 7.34. The highest BCUT2D eigenvalue weighted by Gasteiger charge is 2.29. The highest BCUT2D eigenvalue weighted by molar-refractivity contribution is 5.33. The molecule has 0 aliphatic carbocycles. The summed E-state index contributed by atoms with van der Waals surface area (Å²) in [5, 5.41) is 3.40. The Morgan fingerprint density at radius 1 is 1.33 bits per heavy atom. The van der Waals surface area contributed by atoms with E-state index in [0.29, 0.717) is 6.04 Å². The maximum absolute atomic E-state index is 13.1. The van der Waals surface area contributed by atoms with Crippen LogP contribution in [-0.4, -0.2) is 31.1 Å². The highest BCUT2D eigenvalue weighted by Crippen LogP contribution is 2.30. The van der Waals surface area contributed by atoms with Crippen molar-refractivity contribution in [2.45, 2.75) is 12.5 Å². The number of hydrogen-bond acceptors (Lipinski definition) is 2. The highest BCUT2D eigenvalue weighted by atomic mass is 19.1. The van der Waals surface area contributed by atoms with Gasteiger partial charge in [0.15, 0.2) is 0 Å². The number of nitrogens with zero attached hydrogens (tertiary/aromatic N) is 1. The first-order valence-electron chi connectivity index (χ1n) is 5.58. The van der Waals surface area contributed by atoms with E-state index in [1.165, 1.54) is 11.1 Å². The molecule has 2 aliphatic rings. The molecule has 3 heteroatoms. The van der Waals surface area contributed by atoms with Crippen molar-refractivity contribution in [1.29, 1.82) is 0 Å². The zero-order chi connectivity index (χ0) is 10.3.